The Labute approximate surface area is 111 Å². The van der Waals surface area contributed by atoms with Crippen molar-refractivity contribution in [1.82, 2.24) is 15.0 Å². The van der Waals surface area contributed by atoms with Crippen molar-refractivity contribution in [2.75, 3.05) is 0 Å². The van der Waals surface area contributed by atoms with Crippen molar-refractivity contribution in [2.24, 2.45) is 5.73 Å². The molecule has 3 N–H and O–H groups in total. The molecule has 4 nitrogen and oxygen atoms in total. The maximum absolute atomic E-state index is 5.62. The average molecular weight is 252 g/mol. The number of hydrogen-bond acceptors (Lipinski definition) is 3. The zero-order valence-corrected chi connectivity index (χ0v) is 11.1. The summed E-state index contributed by atoms with van der Waals surface area (Å²) in [4.78, 5) is 12.2. The van der Waals surface area contributed by atoms with Gasteiger partial charge in [0.05, 0.1) is 16.7 Å². The summed E-state index contributed by atoms with van der Waals surface area (Å²) in [5.41, 5.74) is 12.0. The van der Waals surface area contributed by atoms with Crippen molar-refractivity contribution >= 4 is 11.0 Å². The fraction of sp³-hybridized carbons (Fsp3) is 0.200. The van der Waals surface area contributed by atoms with Crippen LogP contribution in [0.3, 0.4) is 0 Å². The first kappa shape index (κ1) is 11.9. The summed E-state index contributed by atoms with van der Waals surface area (Å²) in [6.45, 7) is 4.61. The Morgan fingerprint density at radius 1 is 1.21 bits per heavy atom. The summed E-state index contributed by atoms with van der Waals surface area (Å²) >= 11 is 0. The molecule has 0 saturated heterocycles. The van der Waals surface area contributed by atoms with Gasteiger partial charge in [-0.25, -0.2) is 4.98 Å². The number of benzene rings is 1. The van der Waals surface area contributed by atoms with Gasteiger partial charge in [-0.1, -0.05) is 6.07 Å². The van der Waals surface area contributed by atoms with Crippen LogP contribution < -0.4 is 5.73 Å². The molecule has 0 aliphatic carbocycles. The molecule has 3 rings (SSSR count). The van der Waals surface area contributed by atoms with E-state index in [1.807, 2.05) is 12.1 Å². The first-order chi connectivity index (χ1) is 9.17. The second-order valence-electron chi connectivity index (χ2n) is 4.80. The number of aromatic amines is 1. The molecule has 0 fully saturated rings. The minimum atomic E-state index is 0.437. The third-order valence-electron chi connectivity index (χ3n) is 3.22. The summed E-state index contributed by atoms with van der Waals surface area (Å²) in [6.07, 6.45) is 1.77. The molecule has 0 saturated carbocycles. The number of pyridine rings is 1. The van der Waals surface area contributed by atoms with Crippen LogP contribution in [0.5, 0.6) is 0 Å². The van der Waals surface area contributed by atoms with Crippen LogP contribution in [-0.2, 0) is 6.54 Å². The lowest BCUT2D eigenvalue weighted by atomic mass is 10.1. The van der Waals surface area contributed by atoms with Crippen molar-refractivity contribution < 1.29 is 0 Å². The summed E-state index contributed by atoms with van der Waals surface area (Å²) in [5.74, 6) is 0.862. The second-order valence-corrected chi connectivity index (χ2v) is 4.80. The summed E-state index contributed by atoms with van der Waals surface area (Å²) in [6, 6.07) is 8.17. The van der Waals surface area contributed by atoms with Gasteiger partial charge in [0.2, 0.25) is 0 Å². The number of aryl methyl sites for hydroxylation is 2. The summed E-state index contributed by atoms with van der Waals surface area (Å²) < 4.78 is 0. The van der Waals surface area contributed by atoms with E-state index in [0.29, 0.717) is 6.54 Å². The largest absolute Gasteiger partial charge is 0.338 e. The molecule has 0 radical (unpaired) electrons. The molecular formula is C15H16N4. The molecule has 96 valence electrons. The highest BCUT2D eigenvalue weighted by molar-refractivity contribution is 5.83. The lowest BCUT2D eigenvalue weighted by molar-refractivity contribution is 0.990. The van der Waals surface area contributed by atoms with E-state index < -0.39 is 0 Å². The number of nitrogens with two attached hydrogens (primary N) is 1. The topological polar surface area (TPSA) is 67.6 Å². The van der Waals surface area contributed by atoms with Crippen LogP contribution in [-0.4, -0.2) is 15.0 Å². The summed E-state index contributed by atoms with van der Waals surface area (Å²) in [7, 11) is 0. The van der Waals surface area contributed by atoms with Crippen LogP contribution in [0.4, 0.5) is 0 Å². The number of aromatic nitrogens is 3. The first-order valence-corrected chi connectivity index (χ1v) is 6.29. The molecule has 2 aromatic heterocycles. The smallest absolute Gasteiger partial charge is 0.138 e. The lowest BCUT2D eigenvalue weighted by Gasteiger charge is -1.99. The second kappa shape index (κ2) is 4.48. The van der Waals surface area contributed by atoms with Crippen molar-refractivity contribution in [2.45, 2.75) is 20.4 Å². The van der Waals surface area contributed by atoms with Gasteiger partial charge in [-0.2, -0.15) is 0 Å². The fourth-order valence-corrected chi connectivity index (χ4v) is 2.34. The van der Waals surface area contributed by atoms with Crippen LogP contribution in [0.2, 0.25) is 0 Å². The van der Waals surface area contributed by atoms with E-state index in [4.69, 9.17) is 5.73 Å². The average Bonchev–Trinajstić information content (AvgIpc) is 2.83. The maximum atomic E-state index is 5.62. The van der Waals surface area contributed by atoms with Crippen molar-refractivity contribution in [3.63, 3.8) is 0 Å². The Morgan fingerprint density at radius 2 is 2.05 bits per heavy atom. The van der Waals surface area contributed by atoms with Crippen LogP contribution in [0.1, 0.15) is 16.8 Å². The zero-order valence-electron chi connectivity index (χ0n) is 11.1. The number of hydrogen-bond donors (Lipinski definition) is 2. The van der Waals surface area contributed by atoms with Crippen LogP contribution >= 0.6 is 0 Å². The molecule has 0 bridgehead atoms. The van der Waals surface area contributed by atoms with Gasteiger partial charge >= 0.3 is 0 Å². The predicted molar refractivity (Wildman–Crippen MR) is 76.7 cm³/mol. The highest BCUT2D eigenvalue weighted by atomic mass is 14.9. The molecule has 3 aromatic rings. The molecule has 0 unspecified atom stereocenters. The van der Waals surface area contributed by atoms with Gasteiger partial charge in [-0.3, -0.25) is 4.98 Å². The van der Waals surface area contributed by atoms with Gasteiger partial charge in [0, 0.05) is 18.3 Å². The van der Waals surface area contributed by atoms with Crippen LogP contribution in [0.25, 0.3) is 22.4 Å². The third-order valence-corrected chi connectivity index (χ3v) is 3.22. The highest BCUT2D eigenvalue weighted by Gasteiger charge is 2.08. The minimum Gasteiger partial charge on any atom is -0.338 e. The SMILES string of the molecule is Cc1cc(C)c2nc(-c3ccnc(CN)c3)[nH]c2c1. The Bertz CT molecular complexity index is 743. The molecule has 0 aliphatic heterocycles. The van der Waals surface area contributed by atoms with Gasteiger partial charge in [-0.05, 0) is 43.2 Å². The lowest BCUT2D eigenvalue weighted by Crippen LogP contribution is -1.99. The number of nitrogens with zero attached hydrogens (tertiary/aromatic N) is 2. The molecule has 19 heavy (non-hydrogen) atoms. The number of fused-ring (bicyclic) bond motifs is 1. The van der Waals surface area contributed by atoms with E-state index in [-0.39, 0.29) is 0 Å². The van der Waals surface area contributed by atoms with E-state index in [9.17, 15) is 0 Å². The van der Waals surface area contributed by atoms with Crippen molar-refractivity contribution in [3.8, 4) is 11.4 Å². The van der Waals surface area contributed by atoms with E-state index in [2.05, 4.69) is 40.9 Å². The summed E-state index contributed by atoms with van der Waals surface area (Å²) in [5, 5.41) is 0. The van der Waals surface area contributed by atoms with E-state index in [0.717, 1.165) is 28.1 Å². The molecule has 4 heteroatoms. The Kier molecular flexibility index (Phi) is 2.80. The van der Waals surface area contributed by atoms with Crippen molar-refractivity contribution in [3.05, 3.63) is 47.3 Å². The molecule has 1 aromatic carbocycles. The quantitative estimate of drug-likeness (QED) is 0.736. The normalized spacial score (nSPS) is 11.1. The molecule has 2 heterocycles. The number of nitrogens with one attached hydrogen (secondary N) is 1. The van der Waals surface area contributed by atoms with Gasteiger partial charge in [0.1, 0.15) is 5.82 Å². The zero-order chi connectivity index (χ0) is 13.4. The van der Waals surface area contributed by atoms with Gasteiger partial charge in [0.25, 0.3) is 0 Å². The van der Waals surface area contributed by atoms with Gasteiger partial charge < -0.3 is 10.7 Å². The number of imidazole rings is 1. The molecule has 0 atom stereocenters. The van der Waals surface area contributed by atoms with E-state index >= 15 is 0 Å². The fourth-order valence-electron chi connectivity index (χ4n) is 2.34. The van der Waals surface area contributed by atoms with Crippen molar-refractivity contribution in [1.29, 1.82) is 0 Å². The highest BCUT2D eigenvalue weighted by Crippen LogP contribution is 2.23. The van der Waals surface area contributed by atoms with Gasteiger partial charge in [-0.15, -0.1) is 0 Å². The standard InChI is InChI=1S/C15H16N4/c1-9-5-10(2)14-13(6-9)18-15(19-14)11-3-4-17-12(7-11)8-16/h3-7H,8,16H2,1-2H3,(H,18,19). The Morgan fingerprint density at radius 3 is 2.84 bits per heavy atom. The van der Waals surface area contributed by atoms with E-state index in [1.54, 1.807) is 6.20 Å². The third kappa shape index (κ3) is 2.11. The first-order valence-electron chi connectivity index (χ1n) is 6.29. The number of H-pyrrole nitrogens is 1. The Balaban J connectivity index is 2.17. The number of rotatable bonds is 2. The Hall–Kier alpha value is -2.20. The molecule has 0 spiro atoms. The maximum Gasteiger partial charge on any atom is 0.138 e. The minimum absolute atomic E-state index is 0.437. The molecule has 0 amide bonds. The van der Waals surface area contributed by atoms with Crippen LogP contribution in [0, 0.1) is 13.8 Å². The van der Waals surface area contributed by atoms with E-state index in [1.165, 1.54) is 11.1 Å². The van der Waals surface area contributed by atoms with Crippen LogP contribution in [0.15, 0.2) is 30.5 Å². The molecular weight excluding hydrogens is 236 g/mol. The molecule has 0 aliphatic rings. The van der Waals surface area contributed by atoms with Gasteiger partial charge in [0.15, 0.2) is 0 Å². The monoisotopic (exact) mass is 252 g/mol. The predicted octanol–water partition coefficient (Wildman–Crippen LogP) is 2.70.